The Labute approximate surface area is 148 Å². The molecule has 1 saturated heterocycles. The first kappa shape index (κ1) is 17.1. The van der Waals surface area contributed by atoms with Gasteiger partial charge in [0.05, 0.1) is 0 Å². The molecule has 1 fully saturated rings. The van der Waals surface area contributed by atoms with E-state index < -0.39 is 0 Å². The summed E-state index contributed by atoms with van der Waals surface area (Å²) >= 11 is 1.96. The summed E-state index contributed by atoms with van der Waals surface area (Å²) in [6.45, 7) is 4.16. The van der Waals surface area contributed by atoms with Crippen molar-refractivity contribution >= 4 is 23.6 Å². The van der Waals surface area contributed by atoms with Crippen LogP contribution in [0, 0.1) is 0 Å². The van der Waals surface area contributed by atoms with Crippen molar-refractivity contribution < 1.29 is 4.79 Å². The fraction of sp³-hybridized carbons (Fsp3) is 0.556. The van der Waals surface area contributed by atoms with Crippen LogP contribution in [-0.2, 0) is 17.8 Å². The Balaban J connectivity index is 1.41. The smallest absolute Gasteiger partial charge is 0.222 e. The molecule has 0 atom stereocenters. The number of rotatable bonds is 4. The zero-order valence-electron chi connectivity index (χ0n) is 14.1. The predicted octanol–water partition coefficient (Wildman–Crippen LogP) is 1.71. The van der Waals surface area contributed by atoms with E-state index in [9.17, 15) is 4.79 Å². The number of aliphatic imine (C=N–C) groups is 1. The molecule has 0 aliphatic carbocycles. The van der Waals surface area contributed by atoms with Gasteiger partial charge in [-0.1, -0.05) is 24.3 Å². The van der Waals surface area contributed by atoms with Crippen molar-refractivity contribution in [3.63, 3.8) is 0 Å². The molecule has 3 rings (SSSR count). The summed E-state index contributed by atoms with van der Waals surface area (Å²) in [5.74, 6) is 3.10. The largest absolute Gasteiger partial charge is 0.370 e. The summed E-state index contributed by atoms with van der Waals surface area (Å²) in [5, 5.41) is 0. The average molecular weight is 347 g/mol. The van der Waals surface area contributed by atoms with Crippen molar-refractivity contribution in [3.8, 4) is 0 Å². The van der Waals surface area contributed by atoms with Gasteiger partial charge in [0.25, 0.3) is 0 Å². The number of hydrogen-bond acceptors (Lipinski definition) is 3. The summed E-state index contributed by atoms with van der Waals surface area (Å²) in [5.41, 5.74) is 8.69. The second kappa shape index (κ2) is 8.42. The molecule has 0 saturated carbocycles. The lowest BCUT2D eigenvalue weighted by molar-refractivity contribution is -0.132. The summed E-state index contributed by atoms with van der Waals surface area (Å²) in [7, 11) is 0. The van der Waals surface area contributed by atoms with E-state index in [1.54, 1.807) is 0 Å². The Morgan fingerprint density at radius 3 is 2.67 bits per heavy atom. The summed E-state index contributed by atoms with van der Waals surface area (Å²) in [4.78, 5) is 20.9. The number of carbonyl (C=O) groups excluding carboxylic acids is 1. The molecule has 0 radical (unpaired) electrons. The fourth-order valence-corrected chi connectivity index (χ4v) is 4.09. The fourth-order valence-electron chi connectivity index (χ4n) is 3.18. The van der Waals surface area contributed by atoms with Gasteiger partial charge in [-0.2, -0.15) is 11.8 Å². The first-order chi connectivity index (χ1) is 11.7. The van der Waals surface area contributed by atoms with E-state index >= 15 is 0 Å². The number of nitrogens with zero attached hydrogens (tertiary/aromatic N) is 3. The lowest BCUT2D eigenvalue weighted by Gasteiger charge is -2.29. The number of thioether (sulfide) groups is 1. The zero-order valence-corrected chi connectivity index (χ0v) is 14.9. The highest BCUT2D eigenvalue weighted by Crippen LogP contribution is 2.19. The molecule has 2 aliphatic heterocycles. The molecular formula is C18H26N4OS. The number of fused-ring (bicyclic) bond motifs is 1. The van der Waals surface area contributed by atoms with Crippen LogP contribution in [0.3, 0.4) is 0 Å². The Hall–Kier alpha value is -1.69. The standard InChI is InChI=1S/C18H26N4OS/c19-18(21-10-12-24-13-11-21)20-8-3-6-17(23)22-9-7-15-4-1-2-5-16(15)14-22/h1-2,4-5H,3,6-14H2,(H2,19,20). The Kier molecular flexibility index (Phi) is 6.01. The predicted molar refractivity (Wildman–Crippen MR) is 100 cm³/mol. The number of hydrogen-bond donors (Lipinski definition) is 1. The number of carbonyl (C=O) groups is 1. The second-order valence-corrected chi connectivity index (χ2v) is 7.50. The van der Waals surface area contributed by atoms with Crippen molar-refractivity contribution in [1.82, 2.24) is 9.80 Å². The summed E-state index contributed by atoms with van der Waals surface area (Å²) in [6.07, 6.45) is 2.27. The lowest BCUT2D eigenvalue weighted by atomic mass is 9.99. The topological polar surface area (TPSA) is 61.9 Å². The number of amides is 1. The third kappa shape index (κ3) is 4.44. The SMILES string of the molecule is NC(=NCCCC(=O)N1CCc2ccccc2C1)N1CCSCC1. The molecule has 2 aliphatic rings. The molecule has 1 aromatic rings. The maximum atomic E-state index is 12.4. The van der Waals surface area contributed by atoms with Crippen molar-refractivity contribution in [1.29, 1.82) is 0 Å². The molecule has 130 valence electrons. The minimum Gasteiger partial charge on any atom is -0.370 e. The molecular weight excluding hydrogens is 320 g/mol. The molecule has 0 aromatic heterocycles. The van der Waals surface area contributed by atoms with Gasteiger partial charge in [-0.3, -0.25) is 9.79 Å². The van der Waals surface area contributed by atoms with E-state index in [0.29, 0.717) is 18.9 Å². The number of benzene rings is 1. The Morgan fingerprint density at radius 1 is 1.12 bits per heavy atom. The van der Waals surface area contributed by atoms with Crippen LogP contribution >= 0.6 is 11.8 Å². The first-order valence-electron chi connectivity index (χ1n) is 8.71. The second-order valence-electron chi connectivity index (χ2n) is 6.28. The number of nitrogens with two attached hydrogens (primary N) is 1. The van der Waals surface area contributed by atoms with Crippen LogP contribution in [0.5, 0.6) is 0 Å². The molecule has 5 nitrogen and oxygen atoms in total. The summed E-state index contributed by atoms with van der Waals surface area (Å²) < 4.78 is 0. The van der Waals surface area contributed by atoms with Gasteiger partial charge < -0.3 is 15.5 Å². The van der Waals surface area contributed by atoms with E-state index in [1.807, 2.05) is 22.7 Å². The van der Waals surface area contributed by atoms with Crippen molar-refractivity contribution in [3.05, 3.63) is 35.4 Å². The molecule has 2 N–H and O–H groups in total. The molecule has 0 unspecified atom stereocenters. The van der Waals surface area contributed by atoms with Gasteiger partial charge in [0, 0.05) is 50.7 Å². The van der Waals surface area contributed by atoms with E-state index in [1.165, 1.54) is 11.1 Å². The quantitative estimate of drug-likeness (QED) is 0.512. The zero-order chi connectivity index (χ0) is 16.8. The average Bonchev–Trinajstić information content (AvgIpc) is 2.65. The Morgan fingerprint density at radius 2 is 1.88 bits per heavy atom. The highest BCUT2D eigenvalue weighted by molar-refractivity contribution is 7.99. The monoisotopic (exact) mass is 346 g/mol. The molecule has 2 heterocycles. The highest BCUT2D eigenvalue weighted by Gasteiger charge is 2.19. The maximum absolute atomic E-state index is 12.4. The van der Waals surface area contributed by atoms with Crippen LogP contribution in [-0.4, -0.2) is 59.4 Å². The first-order valence-corrected chi connectivity index (χ1v) is 9.86. The van der Waals surface area contributed by atoms with Crippen LogP contribution < -0.4 is 5.73 Å². The van der Waals surface area contributed by atoms with Crippen molar-refractivity contribution in [2.45, 2.75) is 25.8 Å². The van der Waals surface area contributed by atoms with Crippen LogP contribution in [0.1, 0.15) is 24.0 Å². The third-order valence-electron chi connectivity index (χ3n) is 4.64. The number of guanidine groups is 1. The van der Waals surface area contributed by atoms with Crippen LogP contribution in [0.4, 0.5) is 0 Å². The van der Waals surface area contributed by atoms with Crippen LogP contribution in [0.2, 0.25) is 0 Å². The maximum Gasteiger partial charge on any atom is 0.222 e. The molecule has 0 bridgehead atoms. The summed E-state index contributed by atoms with van der Waals surface area (Å²) in [6, 6.07) is 8.40. The minimum atomic E-state index is 0.229. The lowest BCUT2D eigenvalue weighted by Crippen LogP contribution is -2.42. The van der Waals surface area contributed by atoms with Crippen LogP contribution in [0.15, 0.2) is 29.3 Å². The minimum absolute atomic E-state index is 0.229. The van der Waals surface area contributed by atoms with Gasteiger partial charge in [0.1, 0.15) is 0 Å². The molecule has 1 aromatic carbocycles. The van der Waals surface area contributed by atoms with Crippen molar-refractivity contribution in [2.24, 2.45) is 10.7 Å². The normalized spacial score (nSPS) is 18.4. The van der Waals surface area contributed by atoms with Gasteiger partial charge in [0.15, 0.2) is 5.96 Å². The van der Waals surface area contributed by atoms with Crippen molar-refractivity contribution in [2.75, 3.05) is 37.7 Å². The van der Waals surface area contributed by atoms with Crippen LogP contribution in [0.25, 0.3) is 0 Å². The van der Waals surface area contributed by atoms with Gasteiger partial charge in [0.2, 0.25) is 5.91 Å². The van der Waals surface area contributed by atoms with Gasteiger partial charge in [-0.15, -0.1) is 0 Å². The third-order valence-corrected chi connectivity index (χ3v) is 5.58. The van der Waals surface area contributed by atoms with E-state index in [2.05, 4.69) is 28.1 Å². The molecule has 1 amide bonds. The van der Waals surface area contributed by atoms with E-state index in [4.69, 9.17) is 5.73 Å². The highest BCUT2D eigenvalue weighted by atomic mass is 32.2. The van der Waals surface area contributed by atoms with Gasteiger partial charge >= 0.3 is 0 Å². The molecule has 24 heavy (non-hydrogen) atoms. The molecule has 0 spiro atoms. The Bertz CT molecular complexity index is 598. The van der Waals surface area contributed by atoms with E-state index in [0.717, 1.165) is 50.5 Å². The van der Waals surface area contributed by atoms with Gasteiger partial charge in [-0.25, -0.2) is 0 Å². The van der Waals surface area contributed by atoms with Gasteiger partial charge in [-0.05, 0) is 24.0 Å². The molecule has 6 heteroatoms. The van der Waals surface area contributed by atoms with E-state index in [-0.39, 0.29) is 5.91 Å².